The molecule has 2 unspecified atom stereocenters. The monoisotopic (exact) mass is 466 g/mol. The Hall–Kier alpha value is -1.14. The number of esters is 1. The number of carbonyl (C=O) groups excluding carboxylic acids is 1. The van der Waals surface area contributed by atoms with E-state index in [4.69, 9.17) is 20.0 Å². The molecule has 0 fully saturated rings. The van der Waals surface area contributed by atoms with Crippen LogP contribution in [0.3, 0.4) is 0 Å². The summed E-state index contributed by atoms with van der Waals surface area (Å²) < 4.78 is 18.5. The van der Waals surface area contributed by atoms with Crippen LogP contribution >= 0.6 is 0 Å². The molecule has 0 spiro atoms. The topological polar surface area (TPSA) is 44.8 Å². The van der Waals surface area contributed by atoms with E-state index in [0.717, 1.165) is 6.42 Å². The van der Waals surface area contributed by atoms with E-state index in [-0.39, 0.29) is 28.3 Å². The van der Waals surface area contributed by atoms with Gasteiger partial charge in [-0.2, -0.15) is 0 Å². The van der Waals surface area contributed by atoms with Gasteiger partial charge in [0.2, 0.25) is 0 Å². The van der Waals surface area contributed by atoms with Crippen LogP contribution in [-0.4, -0.2) is 41.9 Å². The molecule has 0 aliphatic heterocycles. The third-order valence-electron chi connectivity index (χ3n) is 6.56. The van der Waals surface area contributed by atoms with Gasteiger partial charge in [0.15, 0.2) is 16.6 Å². The van der Waals surface area contributed by atoms with Gasteiger partial charge in [0.25, 0.3) is 0 Å². The second kappa shape index (κ2) is 12.2. The van der Waals surface area contributed by atoms with Gasteiger partial charge in [-0.05, 0) is 55.2 Å². The predicted molar refractivity (Wildman–Crippen MR) is 137 cm³/mol. The third kappa shape index (κ3) is 10.3. The molecular formula is C25H46O4Si2. The fourth-order valence-electron chi connectivity index (χ4n) is 2.44. The zero-order valence-corrected chi connectivity index (χ0v) is 23.8. The Kier molecular flexibility index (Phi) is 11.7. The van der Waals surface area contributed by atoms with Crippen LogP contribution in [0, 0.1) is 12.3 Å². The van der Waals surface area contributed by atoms with Crippen molar-refractivity contribution >= 4 is 22.6 Å². The molecule has 0 aliphatic rings. The summed E-state index contributed by atoms with van der Waals surface area (Å²) in [5.41, 5.74) is 0. The number of hydrogen-bond donors (Lipinski definition) is 0. The Balaban J connectivity index is 6.01. The quantitative estimate of drug-likeness (QED) is 0.144. The number of allylic oxidation sites excluding steroid dienone is 3. The van der Waals surface area contributed by atoms with Crippen molar-refractivity contribution in [1.82, 2.24) is 0 Å². The van der Waals surface area contributed by atoms with E-state index < -0.39 is 16.6 Å². The summed E-state index contributed by atoms with van der Waals surface area (Å²) in [5, 5.41) is 0.142. The van der Waals surface area contributed by atoms with Crippen LogP contribution in [0.15, 0.2) is 24.3 Å². The van der Waals surface area contributed by atoms with Crippen molar-refractivity contribution in [3.05, 3.63) is 24.3 Å². The molecule has 0 bridgehead atoms. The van der Waals surface area contributed by atoms with Crippen LogP contribution < -0.4 is 0 Å². The number of hydrogen-bond acceptors (Lipinski definition) is 4. The van der Waals surface area contributed by atoms with Crippen LogP contribution in [0.2, 0.25) is 36.3 Å². The largest absolute Gasteiger partial charge is 0.469 e. The molecule has 0 saturated heterocycles. The maximum atomic E-state index is 11.7. The fourth-order valence-corrected chi connectivity index (χ4v) is 5.06. The minimum atomic E-state index is -2.06. The van der Waals surface area contributed by atoms with E-state index in [2.05, 4.69) is 79.7 Å². The highest BCUT2D eigenvalue weighted by Crippen LogP contribution is 2.41. The van der Waals surface area contributed by atoms with Crippen LogP contribution in [0.25, 0.3) is 0 Å². The number of carbonyl (C=O) groups is 1. The lowest BCUT2D eigenvalue weighted by Crippen LogP contribution is -2.51. The van der Waals surface area contributed by atoms with Gasteiger partial charge in [-0.1, -0.05) is 65.7 Å². The Labute approximate surface area is 194 Å². The summed E-state index contributed by atoms with van der Waals surface area (Å²) in [6, 6.07) is 0. The molecule has 178 valence electrons. The SMILES string of the molecule is C#C/C=C/C=C/C(O[Si](C)(C)C(C)(C)C)C(CCCC(=O)OC)O[Si](C)(C)C(C)(C)C. The van der Waals surface area contributed by atoms with Crippen molar-refractivity contribution < 1.29 is 18.4 Å². The van der Waals surface area contributed by atoms with Gasteiger partial charge in [-0.25, -0.2) is 0 Å². The molecule has 0 radical (unpaired) electrons. The maximum Gasteiger partial charge on any atom is 0.305 e. The highest BCUT2D eigenvalue weighted by Gasteiger charge is 2.44. The van der Waals surface area contributed by atoms with E-state index in [1.54, 1.807) is 6.08 Å². The molecule has 0 N–H and O–H groups in total. The average Bonchev–Trinajstić information content (AvgIpc) is 2.61. The summed E-state index contributed by atoms with van der Waals surface area (Å²) in [5.74, 6) is 2.32. The van der Waals surface area contributed by atoms with E-state index >= 15 is 0 Å². The second-order valence-electron chi connectivity index (χ2n) is 11.1. The number of terminal acetylenes is 1. The molecule has 0 aliphatic carbocycles. The van der Waals surface area contributed by atoms with Crippen molar-refractivity contribution in [2.24, 2.45) is 0 Å². The summed E-state index contributed by atoms with van der Waals surface area (Å²) >= 11 is 0. The molecule has 0 aromatic carbocycles. The van der Waals surface area contributed by atoms with Gasteiger partial charge in [0.05, 0.1) is 19.3 Å². The van der Waals surface area contributed by atoms with Crippen LogP contribution in [0.5, 0.6) is 0 Å². The standard InChI is InChI=1S/C25H46O4Si2/c1-13-14-15-16-18-21(28-30(9,10)24(2,3)4)22(19-17-20-23(26)27-8)29-31(11,12)25(5,6)7/h1,14-16,18,21-22H,17,19-20H2,2-12H3/b15-14+,18-16+. The third-order valence-corrected chi connectivity index (χ3v) is 15.5. The van der Waals surface area contributed by atoms with E-state index in [1.807, 2.05) is 12.2 Å². The molecule has 31 heavy (non-hydrogen) atoms. The lowest BCUT2D eigenvalue weighted by molar-refractivity contribution is -0.140. The highest BCUT2D eigenvalue weighted by atomic mass is 28.4. The molecule has 0 amide bonds. The van der Waals surface area contributed by atoms with Gasteiger partial charge in [0.1, 0.15) is 0 Å². The first-order chi connectivity index (χ1) is 14.0. The molecule has 0 heterocycles. The maximum absolute atomic E-state index is 11.7. The van der Waals surface area contributed by atoms with Crippen molar-refractivity contribution in [2.75, 3.05) is 7.11 Å². The summed E-state index contributed by atoms with van der Waals surface area (Å²) in [6.07, 6.45) is 14.3. The number of methoxy groups -OCH3 is 1. The molecule has 6 heteroatoms. The zero-order valence-electron chi connectivity index (χ0n) is 21.8. The number of ether oxygens (including phenoxy) is 1. The van der Waals surface area contributed by atoms with Crippen LogP contribution in [0.4, 0.5) is 0 Å². The first kappa shape index (κ1) is 29.9. The zero-order chi connectivity index (χ0) is 24.5. The molecule has 0 aromatic heterocycles. The molecule has 0 rings (SSSR count). The average molecular weight is 467 g/mol. The summed E-state index contributed by atoms with van der Waals surface area (Å²) in [7, 11) is -2.69. The summed E-state index contributed by atoms with van der Waals surface area (Å²) in [4.78, 5) is 11.7. The summed E-state index contributed by atoms with van der Waals surface area (Å²) in [6.45, 7) is 22.4. The van der Waals surface area contributed by atoms with Gasteiger partial charge in [0, 0.05) is 6.42 Å². The Morgan fingerprint density at radius 1 is 0.968 bits per heavy atom. The minimum Gasteiger partial charge on any atom is -0.469 e. The van der Waals surface area contributed by atoms with Crippen molar-refractivity contribution in [3.63, 3.8) is 0 Å². The lowest BCUT2D eigenvalue weighted by atomic mass is 10.1. The fraction of sp³-hybridized carbons (Fsp3) is 0.720. The normalized spacial score (nSPS) is 15.8. The Bertz CT molecular complexity index is 658. The van der Waals surface area contributed by atoms with Gasteiger partial charge >= 0.3 is 5.97 Å². The molecular weight excluding hydrogens is 420 g/mol. The van der Waals surface area contributed by atoms with Crippen molar-refractivity contribution in [1.29, 1.82) is 0 Å². The first-order valence-electron chi connectivity index (χ1n) is 11.2. The van der Waals surface area contributed by atoms with Crippen molar-refractivity contribution in [3.8, 4) is 12.3 Å². The number of rotatable bonds is 11. The molecule has 4 nitrogen and oxygen atoms in total. The predicted octanol–water partition coefficient (Wildman–Crippen LogP) is 6.86. The van der Waals surface area contributed by atoms with Gasteiger partial charge in [-0.3, -0.25) is 4.79 Å². The lowest BCUT2D eigenvalue weighted by Gasteiger charge is -2.44. The van der Waals surface area contributed by atoms with Crippen LogP contribution in [0.1, 0.15) is 60.8 Å². The van der Waals surface area contributed by atoms with Gasteiger partial charge < -0.3 is 13.6 Å². The Morgan fingerprint density at radius 3 is 1.94 bits per heavy atom. The molecule has 2 atom stereocenters. The Morgan fingerprint density at radius 2 is 1.48 bits per heavy atom. The first-order valence-corrected chi connectivity index (χ1v) is 17.0. The van der Waals surface area contributed by atoms with E-state index in [0.29, 0.717) is 12.8 Å². The molecule has 0 aromatic rings. The van der Waals surface area contributed by atoms with E-state index in [1.165, 1.54) is 7.11 Å². The second-order valence-corrected chi connectivity index (χ2v) is 20.7. The molecule has 0 saturated carbocycles. The van der Waals surface area contributed by atoms with E-state index in [9.17, 15) is 4.79 Å². The van der Waals surface area contributed by atoms with Crippen molar-refractivity contribution in [2.45, 2.75) is 109 Å². The van der Waals surface area contributed by atoms with Crippen LogP contribution in [-0.2, 0) is 18.4 Å². The smallest absolute Gasteiger partial charge is 0.305 e. The highest BCUT2D eigenvalue weighted by molar-refractivity contribution is 6.74. The van der Waals surface area contributed by atoms with Gasteiger partial charge in [-0.15, -0.1) is 6.42 Å². The minimum absolute atomic E-state index is 0.0707.